The quantitative estimate of drug-likeness (QED) is 0.451. The largest absolute Gasteiger partial charge is 0.495 e. The van der Waals surface area contributed by atoms with Gasteiger partial charge in [0.25, 0.3) is 10.0 Å². The van der Waals surface area contributed by atoms with Gasteiger partial charge >= 0.3 is 0 Å². The molecule has 3 aromatic rings. The van der Waals surface area contributed by atoms with Gasteiger partial charge in [0.1, 0.15) is 22.9 Å². The molecule has 0 spiro atoms. The molecule has 1 aliphatic heterocycles. The van der Waals surface area contributed by atoms with Crippen molar-refractivity contribution in [1.29, 1.82) is 0 Å². The van der Waals surface area contributed by atoms with E-state index in [4.69, 9.17) is 21.1 Å². The minimum atomic E-state index is -4.21. The lowest BCUT2D eigenvalue weighted by molar-refractivity contribution is -0.117. The van der Waals surface area contributed by atoms with Gasteiger partial charge in [0.2, 0.25) is 5.91 Å². The highest BCUT2D eigenvalue weighted by Gasteiger charge is 2.36. The Morgan fingerprint density at radius 1 is 1.06 bits per heavy atom. The third-order valence-corrected chi connectivity index (χ3v) is 8.16. The molecular formula is C26H27ClN2O5S. The third kappa shape index (κ3) is 4.68. The molecule has 0 fully saturated rings. The summed E-state index contributed by atoms with van der Waals surface area (Å²) in [4.78, 5) is 15.3. The molecule has 0 aliphatic carbocycles. The van der Waals surface area contributed by atoms with Crippen LogP contribution in [0.3, 0.4) is 0 Å². The second kappa shape index (κ2) is 9.79. The van der Waals surface area contributed by atoms with E-state index in [0.717, 1.165) is 21.1 Å². The van der Waals surface area contributed by atoms with Crippen molar-refractivity contribution in [2.24, 2.45) is 0 Å². The Morgan fingerprint density at radius 2 is 1.74 bits per heavy atom. The van der Waals surface area contributed by atoms with Crippen LogP contribution in [0.25, 0.3) is 0 Å². The summed E-state index contributed by atoms with van der Waals surface area (Å²) in [5.41, 5.74) is 2.83. The number of sulfonamides is 1. The van der Waals surface area contributed by atoms with Gasteiger partial charge in [-0.15, -0.1) is 0 Å². The standard InChI is InChI=1S/C26H27ClN2O5S/c1-17-9-11-24(34-4)25(13-17)35(31,32)28(20-10-12-23(33-3)21(27)15-20)16-26(30)29-18(2)14-19-7-5-6-8-22(19)29/h5-13,15,18H,14,16H2,1-4H3/t18-/m0/s1. The second-order valence-electron chi connectivity index (χ2n) is 8.43. The maximum Gasteiger partial charge on any atom is 0.268 e. The predicted octanol–water partition coefficient (Wildman–Crippen LogP) is 4.84. The lowest BCUT2D eigenvalue weighted by Gasteiger charge is -2.29. The van der Waals surface area contributed by atoms with Gasteiger partial charge in [-0.25, -0.2) is 8.42 Å². The number of benzene rings is 3. The first-order valence-electron chi connectivity index (χ1n) is 11.1. The molecule has 9 heteroatoms. The number of fused-ring (bicyclic) bond motifs is 1. The Hall–Kier alpha value is -3.23. The van der Waals surface area contributed by atoms with Crippen LogP contribution in [-0.4, -0.2) is 41.1 Å². The number of nitrogens with zero attached hydrogens (tertiary/aromatic N) is 2. The first-order valence-corrected chi connectivity index (χ1v) is 12.9. The monoisotopic (exact) mass is 514 g/mol. The molecule has 0 bridgehead atoms. The Kier molecular flexibility index (Phi) is 6.96. The number of carbonyl (C=O) groups excluding carboxylic acids is 1. The molecule has 4 rings (SSSR count). The van der Waals surface area contributed by atoms with E-state index in [2.05, 4.69) is 0 Å². The van der Waals surface area contributed by atoms with E-state index in [1.165, 1.54) is 26.4 Å². The molecule has 0 N–H and O–H groups in total. The molecule has 3 aromatic carbocycles. The molecule has 0 unspecified atom stereocenters. The molecule has 1 aliphatic rings. The lowest BCUT2D eigenvalue weighted by Crippen LogP contribution is -2.45. The van der Waals surface area contributed by atoms with Crippen LogP contribution in [0.4, 0.5) is 11.4 Å². The van der Waals surface area contributed by atoms with Crippen molar-refractivity contribution in [2.75, 3.05) is 30.0 Å². The molecule has 1 heterocycles. The molecular weight excluding hydrogens is 488 g/mol. The highest BCUT2D eigenvalue weighted by Crippen LogP contribution is 2.36. The van der Waals surface area contributed by atoms with Crippen LogP contribution in [0.1, 0.15) is 18.1 Å². The van der Waals surface area contributed by atoms with Crippen LogP contribution in [0.15, 0.2) is 65.6 Å². The summed E-state index contributed by atoms with van der Waals surface area (Å²) in [6, 6.07) is 17.1. The van der Waals surface area contributed by atoms with Gasteiger partial charge in [-0.3, -0.25) is 9.10 Å². The van der Waals surface area contributed by atoms with E-state index in [-0.39, 0.29) is 33.3 Å². The van der Waals surface area contributed by atoms with E-state index in [9.17, 15) is 13.2 Å². The number of carbonyl (C=O) groups is 1. The highest BCUT2D eigenvalue weighted by molar-refractivity contribution is 7.93. The van der Waals surface area contributed by atoms with E-state index >= 15 is 0 Å². The van der Waals surface area contributed by atoms with Crippen molar-refractivity contribution >= 4 is 38.9 Å². The Labute approximate surface area is 210 Å². The fourth-order valence-corrected chi connectivity index (χ4v) is 6.28. The average molecular weight is 515 g/mol. The minimum absolute atomic E-state index is 0.0328. The zero-order valence-corrected chi connectivity index (χ0v) is 21.6. The van der Waals surface area contributed by atoms with E-state index < -0.39 is 16.6 Å². The first-order chi connectivity index (χ1) is 16.7. The number of aryl methyl sites for hydroxylation is 1. The van der Waals surface area contributed by atoms with Crippen molar-refractivity contribution in [3.63, 3.8) is 0 Å². The normalized spacial score (nSPS) is 15.0. The van der Waals surface area contributed by atoms with Gasteiger partial charge in [-0.1, -0.05) is 35.9 Å². The fraction of sp³-hybridized carbons (Fsp3) is 0.269. The smallest absolute Gasteiger partial charge is 0.268 e. The molecule has 1 amide bonds. The van der Waals surface area contributed by atoms with Gasteiger partial charge < -0.3 is 14.4 Å². The van der Waals surface area contributed by atoms with Gasteiger partial charge in [-0.2, -0.15) is 0 Å². The lowest BCUT2D eigenvalue weighted by atomic mass is 10.1. The molecule has 0 saturated heterocycles. The summed E-state index contributed by atoms with van der Waals surface area (Å²) in [5, 5.41) is 0.230. The molecule has 7 nitrogen and oxygen atoms in total. The number of anilines is 2. The van der Waals surface area contributed by atoms with Crippen LogP contribution in [0.2, 0.25) is 5.02 Å². The summed E-state index contributed by atoms with van der Waals surface area (Å²) in [6.07, 6.45) is 0.703. The van der Waals surface area contributed by atoms with Crippen molar-refractivity contribution in [3.05, 3.63) is 76.8 Å². The Bertz CT molecular complexity index is 1380. The second-order valence-corrected chi connectivity index (χ2v) is 10.7. The summed E-state index contributed by atoms with van der Waals surface area (Å²) in [6.45, 7) is 3.33. The topological polar surface area (TPSA) is 76.2 Å². The van der Waals surface area contributed by atoms with Crippen LogP contribution in [0.5, 0.6) is 11.5 Å². The van der Waals surface area contributed by atoms with E-state index in [1.54, 1.807) is 36.1 Å². The predicted molar refractivity (Wildman–Crippen MR) is 137 cm³/mol. The SMILES string of the molecule is COc1ccc(N(CC(=O)N2c3ccccc3C[C@@H]2C)S(=O)(=O)c2cc(C)ccc2OC)cc1Cl. The van der Waals surface area contributed by atoms with Crippen molar-refractivity contribution in [2.45, 2.75) is 31.2 Å². The van der Waals surface area contributed by atoms with Crippen LogP contribution in [-0.2, 0) is 21.2 Å². The Balaban J connectivity index is 1.81. The van der Waals surface area contributed by atoms with Crippen LogP contribution < -0.4 is 18.7 Å². The fourth-order valence-electron chi connectivity index (χ4n) is 4.37. The molecule has 35 heavy (non-hydrogen) atoms. The number of hydrogen-bond donors (Lipinski definition) is 0. The van der Waals surface area contributed by atoms with Crippen molar-refractivity contribution in [3.8, 4) is 11.5 Å². The van der Waals surface area contributed by atoms with Crippen molar-refractivity contribution in [1.82, 2.24) is 0 Å². The molecule has 1 atom stereocenters. The number of halogens is 1. The zero-order chi connectivity index (χ0) is 25.3. The van der Waals surface area contributed by atoms with E-state index in [1.807, 2.05) is 31.2 Å². The first kappa shape index (κ1) is 24.9. The maximum absolute atomic E-state index is 14.0. The summed E-state index contributed by atoms with van der Waals surface area (Å²) < 4.78 is 39.7. The van der Waals surface area contributed by atoms with Gasteiger partial charge in [0.05, 0.1) is 24.9 Å². The Morgan fingerprint density at radius 3 is 2.43 bits per heavy atom. The molecule has 184 valence electrons. The number of ether oxygens (including phenoxy) is 2. The average Bonchev–Trinajstić information content (AvgIpc) is 3.18. The summed E-state index contributed by atoms with van der Waals surface area (Å²) in [5.74, 6) is 0.242. The maximum atomic E-state index is 14.0. The minimum Gasteiger partial charge on any atom is -0.495 e. The van der Waals surface area contributed by atoms with Gasteiger partial charge in [0, 0.05) is 11.7 Å². The number of rotatable bonds is 7. The molecule has 0 radical (unpaired) electrons. The zero-order valence-electron chi connectivity index (χ0n) is 20.0. The number of methoxy groups -OCH3 is 2. The van der Waals surface area contributed by atoms with Gasteiger partial charge in [0.15, 0.2) is 0 Å². The van der Waals surface area contributed by atoms with Crippen molar-refractivity contribution < 1.29 is 22.7 Å². The van der Waals surface area contributed by atoms with E-state index in [0.29, 0.717) is 12.2 Å². The van der Waals surface area contributed by atoms with Gasteiger partial charge in [-0.05, 0) is 67.8 Å². The number of amides is 1. The molecule has 0 saturated carbocycles. The van der Waals surface area contributed by atoms with Crippen LogP contribution >= 0.6 is 11.6 Å². The van der Waals surface area contributed by atoms with Crippen LogP contribution in [0, 0.1) is 6.92 Å². The number of hydrogen-bond acceptors (Lipinski definition) is 5. The third-order valence-electron chi connectivity index (χ3n) is 6.07. The molecule has 0 aromatic heterocycles. The summed E-state index contributed by atoms with van der Waals surface area (Å²) >= 11 is 6.34. The highest BCUT2D eigenvalue weighted by atomic mass is 35.5. The number of para-hydroxylation sites is 1. The summed E-state index contributed by atoms with van der Waals surface area (Å²) in [7, 11) is -1.33.